The minimum atomic E-state index is 0.806. The topological polar surface area (TPSA) is 18.5 Å². The van der Waals surface area contributed by atoms with Gasteiger partial charge in [0, 0.05) is 6.07 Å². The zero-order valence-corrected chi connectivity index (χ0v) is 7.66. The van der Waals surface area contributed by atoms with Crippen LogP contribution < -0.4 is 7.80 Å². The molecule has 0 bridgehead atoms. The van der Waals surface area contributed by atoms with E-state index in [1.54, 1.807) is 7.11 Å². The molecule has 0 N–H and O–H groups in total. The van der Waals surface area contributed by atoms with Gasteiger partial charge in [0.2, 0.25) is 0 Å². The monoisotopic (exact) mass is 250 g/mol. The van der Waals surface area contributed by atoms with E-state index in [0.717, 1.165) is 11.5 Å². The zero-order chi connectivity index (χ0) is 7.40. The quantitative estimate of drug-likeness (QED) is 0.750. The molecular weight excluding hydrogens is 243 g/mol. The molecule has 0 aliphatic carbocycles. The lowest BCUT2D eigenvalue weighted by atomic mass is 10.3. The molecule has 0 radical (unpaired) electrons. The van der Waals surface area contributed by atoms with Gasteiger partial charge in [-0.05, 0) is 12.1 Å². The van der Waals surface area contributed by atoms with Gasteiger partial charge in [0.05, 0.1) is 7.11 Å². The molecule has 1 rings (SSSR count). The second kappa shape index (κ2) is 3.65. The van der Waals surface area contributed by atoms with Gasteiger partial charge in [-0.1, -0.05) is 6.07 Å². The SMILES string of the molecule is COc1cccc(OI)c1. The second-order valence-corrected chi connectivity index (χ2v) is 2.20. The lowest BCUT2D eigenvalue weighted by Gasteiger charge is -1.99. The number of methoxy groups -OCH3 is 1. The third kappa shape index (κ3) is 1.76. The minimum Gasteiger partial charge on any atom is -0.497 e. The Bertz CT molecular complexity index is 193. The standard InChI is InChI=1S/C7H7IO2/c1-9-6-3-2-4-7(5-6)10-8/h2-5H,1H3. The molecule has 0 saturated heterocycles. The van der Waals surface area contributed by atoms with Crippen LogP contribution in [0, 0.1) is 0 Å². The Morgan fingerprint density at radius 2 is 2.00 bits per heavy atom. The van der Waals surface area contributed by atoms with Gasteiger partial charge in [-0.25, -0.2) is 0 Å². The minimum absolute atomic E-state index is 0.806. The summed E-state index contributed by atoms with van der Waals surface area (Å²) in [6.07, 6.45) is 0. The van der Waals surface area contributed by atoms with Gasteiger partial charge in [-0.2, -0.15) is 0 Å². The van der Waals surface area contributed by atoms with Crippen LogP contribution in [-0.4, -0.2) is 7.11 Å². The van der Waals surface area contributed by atoms with Crippen molar-refractivity contribution in [1.29, 1.82) is 0 Å². The maximum Gasteiger partial charge on any atom is 0.192 e. The van der Waals surface area contributed by atoms with E-state index in [4.69, 9.17) is 7.80 Å². The normalized spacial score (nSPS) is 9.00. The zero-order valence-electron chi connectivity index (χ0n) is 5.50. The van der Waals surface area contributed by atoms with Crippen molar-refractivity contribution in [2.45, 2.75) is 0 Å². The molecule has 54 valence electrons. The Labute approximate surface area is 73.8 Å². The number of benzene rings is 1. The van der Waals surface area contributed by atoms with Crippen LogP contribution in [0.5, 0.6) is 11.5 Å². The molecule has 0 amide bonds. The molecule has 1 aromatic carbocycles. The smallest absolute Gasteiger partial charge is 0.192 e. The predicted molar refractivity (Wildman–Crippen MR) is 47.6 cm³/mol. The highest BCUT2D eigenvalue weighted by molar-refractivity contribution is 14.1. The molecule has 0 aliphatic rings. The van der Waals surface area contributed by atoms with Gasteiger partial charge in [0.15, 0.2) is 23.0 Å². The summed E-state index contributed by atoms with van der Waals surface area (Å²) < 4.78 is 9.92. The van der Waals surface area contributed by atoms with Gasteiger partial charge < -0.3 is 7.80 Å². The Kier molecular flexibility index (Phi) is 2.80. The van der Waals surface area contributed by atoms with Crippen molar-refractivity contribution >= 4 is 23.0 Å². The van der Waals surface area contributed by atoms with Crippen molar-refractivity contribution in [2.75, 3.05) is 7.11 Å². The largest absolute Gasteiger partial charge is 0.497 e. The summed E-state index contributed by atoms with van der Waals surface area (Å²) >= 11 is 1.83. The van der Waals surface area contributed by atoms with E-state index in [1.807, 2.05) is 47.3 Å². The number of ether oxygens (including phenoxy) is 1. The van der Waals surface area contributed by atoms with Crippen LogP contribution in [0.1, 0.15) is 0 Å². The maximum atomic E-state index is 4.97. The van der Waals surface area contributed by atoms with Crippen molar-refractivity contribution in [3.8, 4) is 11.5 Å². The lowest BCUT2D eigenvalue weighted by molar-refractivity contribution is 0.413. The Balaban J connectivity index is 2.87. The van der Waals surface area contributed by atoms with Crippen LogP contribution in [0.2, 0.25) is 0 Å². The molecule has 0 aliphatic heterocycles. The fraction of sp³-hybridized carbons (Fsp3) is 0.143. The van der Waals surface area contributed by atoms with Crippen LogP contribution in [0.4, 0.5) is 0 Å². The molecule has 10 heavy (non-hydrogen) atoms. The van der Waals surface area contributed by atoms with E-state index in [1.165, 1.54) is 0 Å². The maximum absolute atomic E-state index is 4.97. The van der Waals surface area contributed by atoms with Crippen LogP contribution in [0.3, 0.4) is 0 Å². The molecule has 0 atom stereocenters. The van der Waals surface area contributed by atoms with Crippen molar-refractivity contribution in [2.24, 2.45) is 0 Å². The van der Waals surface area contributed by atoms with E-state index < -0.39 is 0 Å². The molecule has 1 aromatic rings. The summed E-state index contributed by atoms with van der Waals surface area (Å²) in [4.78, 5) is 0. The number of halogens is 1. The first-order chi connectivity index (χ1) is 4.86. The molecule has 0 heterocycles. The van der Waals surface area contributed by atoms with Crippen LogP contribution in [0.25, 0.3) is 0 Å². The first-order valence-corrected chi connectivity index (χ1v) is 3.67. The van der Waals surface area contributed by atoms with Crippen LogP contribution >= 0.6 is 23.0 Å². The van der Waals surface area contributed by atoms with Crippen molar-refractivity contribution in [1.82, 2.24) is 0 Å². The average molecular weight is 250 g/mol. The van der Waals surface area contributed by atoms with Crippen LogP contribution in [0.15, 0.2) is 24.3 Å². The molecular formula is C7H7IO2. The van der Waals surface area contributed by atoms with Crippen molar-refractivity contribution < 1.29 is 7.80 Å². The molecule has 0 spiro atoms. The first kappa shape index (κ1) is 7.65. The second-order valence-electron chi connectivity index (χ2n) is 1.76. The number of hydrogen-bond donors (Lipinski definition) is 0. The van der Waals surface area contributed by atoms with Crippen molar-refractivity contribution in [3.63, 3.8) is 0 Å². The summed E-state index contributed by atoms with van der Waals surface area (Å²) in [5.41, 5.74) is 0. The molecule has 3 heteroatoms. The highest BCUT2D eigenvalue weighted by Crippen LogP contribution is 2.19. The Hall–Kier alpha value is -0.450. The summed E-state index contributed by atoms with van der Waals surface area (Å²) in [6.45, 7) is 0. The third-order valence-corrected chi connectivity index (χ3v) is 1.64. The Morgan fingerprint density at radius 3 is 2.60 bits per heavy atom. The van der Waals surface area contributed by atoms with E-state index >= 15 is 0 Å². The van der Waals surface area contributed by atoms with Gasteiger partial charge >= 0.3 is 0 Å². The fourth-order valence-electron chi connectivity index (χ4n) is 0.649. The summed E-state index contributed by atoms with van der Waals surface area (Å²) in [6, 6.07) is 7.45. The molecule has 0 saturated carbocycles. The summed E-state index contributed by atoms with van der Waals surface area (Å²) in [5.74, 6) is 1.62. The van der Waals surface area contributed by atoms with Gasteiger partial charge in [-0.15, -0.1) is 0 Å². The van der Waals surface area contributed by atoms with Gasteiger partial charge in [-0.3, -0.25) is 0 Å². The molecule has 0 aromatic heterocycles. The highest BCUT2D eigenvalue weighted by atomic mass is 127. The third-order valence-electron chi connectivity index (χ3n) is 1.13. The van der Waals surface area contributed by atoms with Gasteiger partial charge in [0.1, 0.15) is 11.5 Å². The van der Waals surface area contributed by atoms with E-state index in [2.05, 4.69) is 0 Å². The number of rotatable bonds is 2. The van der Waals surface area contributed by atoms with Gasteiger partial charge in [0.25, 0.3) is 0 Å². The fourth-order valence-corrected chi connectivity index (χ4v) is 0.923. The van der Waals surface area contributed by atoms with E-state index in [9.17, 15) is 0 Å². The summed E-state index contributed by atoms with van der Waals surface area (Å²) in [5, 5.41) is 0. The summed E-state index contributed by atoms with van der Waals surface area (Å²) in [7, 11) is 1.63. The highest BCUT2D eigenvalue weighted by Gasteiger charge is 1.92. The number of hydrogen-bond acceptors (Lipinski definition) is 2. The van der Waals surface area contributed by atoms with E-state index in [-0.39, 0.29) is 0 Å². The molecule has 0 fully saturated rings. The van der Waals surface area contributed by atoms with Crippen LogP contribution in [-0.2, 0) is 0 Å². The molecule has 2 nitrogen and oxygen atoms in total. The predicted octanol–water partition coefficient (Wildman–Crippen LogP) is 2.42. The molecule has 0 unspecified atom stereocenters. The first-order valence-electron chi connectivity index (χ1n) is 2.79. The Morgan fingerprint density at radius 1 is 1.30 bits per heavy atom. The lowest BCUT2D eigenvalue weighted by Crippen LogP contribution is -1.81. The van der Waals surface area contributed by atoms with E-state index in [0.29, 0.717) is 0 Å². The average Bonchev–Trinajstić information content (AvgIpc) is 2.05. The van der Waals surface area contributed by atoms with Crippen molar-refractivity contribution in [3.05, 3.63) is 24.3 Å².